The van der Waals surface area contributed by atoms with Crippen LogP contribution in [0.15, 0.2) is 55.1 Å². The van der Waals surface area contributed by atoms with Crippen LogP contribution in [-0.4, -0.2) is 45.4 Å². The van der Waals surface area contributed by atoms with Gasteiger partial charge in [-0.25, -0.2) is 15.0 Å². The van der Waals surface area contributed by atoms with Crippen molar-refractivity contribution >= 4 is 27.5 Å². The van der Waals surface area contributed by atoms with Crippen LogP contribution in [-0.2, 0) is 12.8 Å². The normalized spacial score (nSPS) is 18.7. The van der Waals surface area contributed by atoms with Gasteiger partial charge in [0.25, 0.3) is 5.91 Å². The molecule has 1 amide bonds. The lowest BCUT2D eigenvalue weighted by Gasteiger charge is -2.34. The van der Waals surface area contributed by atoms with Crippen molar-refractivity contribution in [3.8, 4) is 11.1 Å². The van der Waals surface area contributed by atoms with E-state index >= 15 is 0 Å². The fraction of sp³-hybridized carbons (Fsp3) is 0.471. The fourth-order valence-electron chi connectivity index (χ4n) is 6.38. The number of aromatic nitrogens is 3. The number of thiophene rings is 1. The van der Waals surface area contributed by atoms with Gasteiger partial charge in [-0.2, -0.15) is 0 Å². The number of rotatable bonds is 7. The summed E-state index contributed by atoms with van der Waals surface area (Å²) in [4.78, 5) is 31.3. The number of nitrogens with zero attached hydrogens (tertiary/aromatic N) is 4. The predicted octanol–water partition coefficient (Wildman–Crippen LogP) is 7.25. The number of nitrogens with one attached hydrogen (secondary N) is 1. The van der Waals surface area contributed by atoms with Crippen LogP contribution in [0.4, 0.5) is 0 Å². The number of likely N-dealkylation sites (tertiary alicyclic amines) is 1. The molecule has 41 heavy (non-hydrogen) atoms. The average Bonchev–Trinajstić information content (AvgIpc) is 3.41. The standard InChI is InChI=1S/C34H41N5OS/c1-34(2,3)28-11-12-29-25(18-28)17-26-19-31(41-33(26)38-29)32(40)37-30(13-16-39-14-5-4-6-15-39)24-9-7-23(8-10-24)27-20-35-22-36-21-27/h7-10,17,19-22,28,30H,4-6,11-16,18H2,1-3H3,(H,37,40)/t28-,30+/m0/s1. The number of pyridine rings is 1. The summed E-state index contributed by atoms with van der Waals surface area (Å²) in [6.45, 7) is 10.3. The van der Waals surface area contributed by atoms with E-state index in [2.05, 4.69) is 71.3 Å². The summed E-state index contributed by atoms with van der Waals surface area (Å²) in [5, 5.41) is 4.49. The third-order valence-electron chi connectivity index (χ3n) is 9.02. The second-order valence-corrected chi connectivity index (χ2v) is 13.9. The highest BCUT2D eigenvalue weighted by Crippen LogP contribution is 2.38. The maximum Gasteiger partial charge on any atom is 0.261 e. The molecule has 4 heterocycles. The maximum atomic E-state index is 13.7. The van der Waals surface area contributed by atoms with Gasteiger partial charge in [-0.15, -0.1) is 11.3 Å². The Morgan fingerprint density at radius 2 is 1.80 bits per heavy atom. The molecule has 1 fully saturated rings. The predicted molar refractivity (Wildman–Crippen MR) is 167 cm³/mol. The highest BCUT2D eigenvalue weighted by molar-refractivity contribution is 7.20. The molecule has 1 saturated heterocycles. The third-order valence-corrected chi connectivity index (χ3v) is 10.1. The van der Waals surface area contributed by atoms with Crippen LogP contribution in [0.5, 0.6) is 0 Å². The topological polar surface area (TPSA) is 71.0 Å². The number of benzene rings is 1. The first-order valence-electron chi connectivity index (χ1n) is 15.1. The molecular formula is C34H41N5OS. The van der Waals surface area contributed by atoms with Gasteiger partial charge in [0, 0.05) is 35.6 Å². The van der Waals surface area contributed by atoms with Crippen molar-refractivity contribution in [2.45, 2.75) is 71.8 Å². The van der Waals surface area contributed by atoms with E-state index in [-0.39, 0.29) is 11.9 Å². The Labute approximate surface area is 247 Å². The van der Waals surface area contributed by atoms with Crippen molar-refractivity contribution in [3.05, 3.63) is 76.8 Å². The van der Waals surface area contributed by atoms with Crippen molar-refractivity contribution in [3.63, 3.8) is 0 Å². The molecule has 4 aromatic rings. The molecular weight excluding hydrogens is 526 g/mol. The van der Waals surface area contributed by atoms with E-state index < -0.39 is 0 Å². The van der Waals surface area contributed by atoms with E-state index in [1.807, 2.05) is 18.5 Å². The van der Waals surface area contributed by atoms with Crippen molar-refractivity contribution in [1.29, 1.82) is 0 Å². The molecule has 1 aliphatic carbocycles. The lowest BCUT2D eigenvalue weighted by Crippen LogP contribution is -2.35. The van der Waals surface area contributed by atoms with Crippen LogP contribution in [0.1, 0.15) is 85.4 Å². The van der Waals surface area contributed by atoms with Crippen molar-refractivity contribution in [1.82, 2.24) is 25.2 Å². The molecule has 0 spiro atoms. The van der Waals surface area contributed by atoms with Crippen LogP contribution in [0.25, 0.3) is 21.3 Å². The van der Waals surface area contributed by atoms with Gasteiger partial charge in [0.2, 0.25) is 0 Å². The van der Waals surface area contributed by atoms with E-state index in [1.54, 1.807) is 6.33 Å². The molecule has 1 N–H and O–H groups in total. The summed E-state index contributed by atoms with van der Waals surface area (Å²) in [6, 6.07) is 12.8. The Balaban J connectivity index is 1.22. The molecule has 7 heteroatoms. The monoisotopic (exact) mass is 567 g/mol. The Bertz CT molecular complexity index is 1490. The second kappa shape index (κ2) is 12.0. The number of carbonyl (C=O) groups excluding carboxylic acids is 1. The zero-order valence-corrected chi connectivity index (χ0v) is 25.3. The minimum Gasteiger partial charge on any atom is -0.344 e. The molecule has 214 valence electrons. The molecule has 0 unspecified atom stereocenters. The van der Waals surface area contributed by atoms with Gasteiger partial charge < -0.3 is 10.2 Å². The molecule has 0 saturated carbocycles. The number of carbonyl (C=O) groups is 1. The number of hydrogen-bond acceptors (Lipinski definition) is 6. The summed E-state index contributed by atoms with van der Waals surface area (Å²) >= 11 is 1.52. The molecule has 6 nitrogen and oxygen atoms in total. The number of fused-ring (bicyclic) bond motifs is 2. The van der Waals surface area contributed by atoms with Gasteiger partial charge in [-0.05, 0) is 91.8 Å². The van der Waals surface area contributed by atoms with E-state index in [0.717, 1.165) is 70.7 Å². The quantitative estimate of drug-likeness (QED) is 0.255. The average molecular weight is 568 g/mol. The van der Waals surface area contributed by atoms with Crippen LogP contribution in [0, 0.1) is 11.3 Å². The lowest BCUT2D eigenvalue weighted by atomic mass is 9.71. The largest absolute Gasteiger partial charge is 0.344 e. The summed E-state index contributed by atoms with van der Waals surface area (Å²) < 4.78 is 0. The molecule has 1 aromatic carbocycles. The smallest absolute Gasteiger partial charge is 0.261 e. The summed E-state index contributed by atoms with van der Waals surface area (Å²) in [5.74, 6) is 0.653. The Morgan fingerprint density at radius 3 is 2.54 bits per heavy atom. The second-order valence-electron chi connectivity index (χ2n) is 12.9. The van der Waals surface area contributed by atoms with E-state index in [1.165, 1.54) is 48.3 Å². The number of piperidine rings is 1. The number of hydrogen-bond donors (Lipinski definition) is 1. The first kappa shape index (κ1) is 28.0. The SMILES string of the molecule is CC(C)(C)[C@H]1CCc2nc3sc(C(=O)N[C@H](CCN4CCCCC4)c4ccc(-c5cncnc5)cc4)cc3cc2C1. The van der Waals surface area contributed by atoms with Gasteiger partial charge in [0.05, 0.1) is 10.9 Å². The zero-order valence-electron chi connectivity index (χ0n) is 24.5. The van der Waals surface area contributed by atoms with Gasteiger partial charge in [-0.1, -0.05) is 51.5 Å². The Morgan fingerprint density at radius 1 is 1.05 bits per heavy atom. The van der Waals surface area contributed by atoms with Crippen LogP contribution in [0.2, 0.25) is 0 Å². The molecule has 2 aliphatic rings. The zero-order chi connectivity index (χ0) is 28.4. The summed E-state index contributed by atoms with van der Waals surface area (Å²) in [5.41, 5.74) is 6.06. The minimum absolute atomic E-state index is 0.0114. The minimum atomic E-state index is -0.0654. The summed E-state index contributed by atoms with van der Waals surface area (Å²) in [6.07, 6.45) is 13.2. The van der Waals surface area contributed by atoms with Gasteiger partial charge in [0.1, 0.15) is 11.2 Å². The Kier molecular flexibility index (Phi) is 8.18. The number of aryl methyl sites for hydroxylation is 1. The molecule has 3 aromatic heterocycles. The first-order chi connectivity index (χ1) is 19.8. The maximum absolute atomic E-state index is 13.7. The van der Waals surface area contributed by atoms with Gasteiger partial charge in [-0.3, -0.25) is 4.79 Å². The highest BCUT2D eigenvalue weighted by atomic mass is 32.1. The van der Waals surface area contributed by atoms with Gasteiger partial charge in [0.15, 0.2) is 0 Å². The van der Waals surface area contributed by atoms with E-state index in [4.69, 9.17) is 4.98 Å². The van der Waals surface area contributed by atoms with Crippen LogP contribution in [0.3, 0.4) is 0 Å². The molecule has 1 aliphatic heterocycles. The van der Waals surface area contributed by atoms with Crippen LogP contribution < -0.4 is 5.32 Å². The molecule has 6 rings (SSSR count). The first-order valence-corrected chi connectivity index (χ1v) is 16.0. The van der Waals surface area contributed by atoms with Crippen molar-refractivity contribution in [2.24, 2.45) is 11.3 Å². The van der Waals surface area contributed by atoms with Crippen molar-refractivity contribution < 1.29 is 4.79 Å². The molecule has 0 radical (unpaired) electrons. The fourth-order valence-corrected chi connectivity index (χ4v) is 7.31. The van der Waals surface area contributed by atoms with Crippen LogP contribution >= 0.6 is 11.3 Å². The van der Waals surface area contributed by atoms with Gasteiger partial charge >= 0.3 is 0 Å². The molecule has 0 bridgehead atoms. The summed E-state index contributed by atoms with van der Waals surface area (Å²) in [7, 11) is 0. The number of amides is 1. The lowest BCUT2D eigenvalue weighted by molar-refractivity contribution is 0.0934. The highest BCUT2D eigenvalue weighted by Gasteiger charge is 2.30. The molecule has 2 atom stereocenters. The third kappa shape index (κ3) is 6.52. The van der Waals surface area contributed by atoms with E-state index in [0.29, 0.717) is 11.3 Å². The van der Waals surface area contributed by atoms with Crippen molar-refractivity contribution in [2.75, 3.05) is 19.6 Å². The van der Waals surface area contributed by atoms with E-state index in [9.17, 15) is 4.79 Å². The Hall–Kier alpha value is -3.16.